The number of nitrogens with zero attached hydrogens (tertiary/aromatic N) is 2. The number of anilines is 1. The molecule has 1 aliphatic carbocycles. The molecular weight excluding hydrogens is 222 g/mol. The second-order valence-electron chi connectivity index (χ2n) is 4.33. The van der Waals surface area contributed by atoms with Gasteiger partial charge in [0.25, 0.3) is 5.91 Å². The highest BCUT2D eigenvalue weighted by molar-refractivity contribution is 5.90. The van der Waals surface area contributed by atoms with Gasteiger partial charge in [-0.3, -0.25) is 9.89 Å². The molecule has 0 aromatic carbocycles. The quantitative estimate of drug-likeness (QED) is 0.534. The number of amides is 1. The third kappa shape index (κ3) is 2.94. The van der Waals surface area contributed by atoms with Crippen molar-refractivity contribution in [1.29, 1.82) is 0 Å². The predicted octanol–water partition coefficient (Wildman–Crippen LogP) is -0.190. The van der Waals surface area contributed by atoms with Crippen LogP contribution in [0.1, 0.15) is 42.7 Å². The number of aromatic nitrogens is 3. The number of hydrogen-bond donors (Lipinski definition) is 4. The molecule has 0 aliphatic heterocycles. The van der Waals surface area contributed by atoms with Gasteiger partial charge in [-0.1, -0.05) is 19.3 Å². The zero-order valence-electron chi connectivity index (χ0n) is 9.52. The summed E-state index contributed by atoms with van der Waals surface area (Å²) in [7, 11) is 0. The minimum Gasteiger partial charge on any atom is -0.391 e. The summed E-state index contributed by atoms with van der Waals surface area (Å²) in [5, 5.41) is 18.7. The van der Waals surface area contributed by atoms with Crippen LogP contribution >= 0.6 is 0 Å². The first-order valence-corrected chi connectivity index (χ1v) is 5.83. The van der Waals surface area contributed by atoms with Crippen molar-refractivity contribution in [2.45, 2.75) is 44.2 Å². The van der Waals surface area contributed by atoms with Crippen LogP contribution in [0.25, 0.3) is 0 Å². The number of hydrogen-bond acceptors (Lipinski definition) is 5. The van der Waals surface area contributed by atoms with Crippen LogP contribution in [0.15, 0.2) is 0 Å². The Hall–Kier alpha value is -1.63. The maximum Gasteiger partial charge on any atom is 0.288 e. The van der Waals surface area contributed by atoms with E-state index in [2.05, 4.69) is 20.5 Å². The minimum atomic E-state index is -0.485. The highest BCUT2D eigenvalue weighted by Crippen LogP contribution is 2.18. The molecule has 1 fully saturated rings. The molecular formula is C10H17N5O2. The fourth-order valence-corrected chi connectivity index (χ4v) is 2.07. The number of carbonyl (C=O) groups is 1. The van der Waals surface area contributed by atoms with Crippen molar-refractivity contribution in [3.63, 3.8) is 0 Å². The lowest BCUT2D eigenvalue weighted by Crippen LogP contribution is -2.43. The van der Waals surface area contributed by atoms with Gasteiger partial charge in [0.1, 0.15) is 0 Å². The third-order valence-corrected chi connectivity index (χ3v) is 3.01. The zero-order valence-corrected chi connectivity index (χ0v) is 9.52. The molecule has 94 valence electrons. The number of nitrogen functional groups attached to an aromatic ring is 1. The van der Waals surface area contributed by atoms with E-state index in [1.807, 2.05) is 0 Å². The number of aliphatic hydroxyl groups excluding tert-OH is 1. The normalized spacial score (nSPS) is 25.2. The molecule has 17 heavy (non-hydrogen) atoms. The first kappa shape index (κ1) is 11.8. The Morgan fingerprint density at radius 1 is 1.41 bits per heavy atom. The van der Waals surface area contributed by atoms with Crippen molar-refractivity contribution in [2.75, 3.05) is 5.73 Å². The van der Waals surface area contributed by atoms with Crippen LogP contribution in [0.3, 0.4) is 0 Å². The van der Waals surface area contributed by atoms with Crippen LogP contribution < -0.4 is 11.1 Å². The van der Waals surface area contributed by atoms with Gasteiger partial charge >= 0.3 is 0 Å². The molecule has 7 nitrogen and oxygen atoms in total. The van der Waals surface area contributed by atoms with E-state index >= 15 is 0 Å². The maximum atomic E-state index is 11.8. The average molecular weight is 239 g/mol. The lowest BCUT2D eigenvalue weighted by molar-refractivity contribution is 0.0810. The second kappa shape index (κ2) is 5.13. The van der Waals surface area contributed by atoms with E-state index in [0.717, 1.165) is 32.1 Å². The molecule has 1 saturated carbocycles. The van der Waals surface area contributed by atoms with E-state index in [0.29, 0.717) is 0 Å². The van der Waals surface area contributed by atoms with Gasteiger partial charge in [0, 0.05) is 0 Å². The van der Waals surface area contributed by atoms with Gasteiger partial charge in [0.2, 0.25) is 11.8 Å². The largest absolute Gasteiger partial charge is 0.391 e. The molecule has 1 amide bonds. The van der Waals surface area contributed by atoms with Crippen molar-refractivity contribution in [3.05, 3.63) is 5.82 Å². The van der Waals surface area contributed by atoms with Crippen molar-refractivity contribution in [3.8, 4) is 0 Å². The lowest BCUT2D eigenvalue weighted by atomic mass is 10.1. The highest BCUT2D eigenvalue weighted by atomic mass is 16.3. The summed E-state index contributed by atoms with van der Waals surface area (Å²) < 4.78 is 0. The zero-order chi connectivity index (χ0) is 12.3. The SMILES string of the molecule is Nc1n[nH]c(C(=O)NC2CCCCCC2O)n1. The Bertz CT molecular complexity index is 392. The van der Waals surface area contributed by atoms with Gasteiger partial charge in [-0.05, 0) is 12.8 Å². The molecule has 0 bridgehead atoms. The van der Waals surface area contributed by atoms with Crippen LogP contribution in [0.4, 0.5) is 5.95 Å². The van der Waals surface area contributed by atoms with Crippen LogP contribution in [-0.2, 0) is 0 Å². The summed E-state index contributed by atoms with van der Waals surface area (Å²) in [6, 6.07) is -0.212. The monoisotopic (exact) mass is 239 g/mol. The summed E-state index contributed by atoms with van der Waals surface area (Å²) in [6.45, 7) is 0. The van der Waals surface area contributed by atoms with Crippen molar-refractivity contribution in [1.82, 2.24) is 20.5 Å². The van der Waals surface area contributed by atoms with Crippen molar-refractivity contribution < 1.29 is 9.90 Å². The highest BCUT2D eigenvalue weighted by Gasteiger charge is 2.24. The second-order valence-corrected chi connectivity index (χ2v) is 4.33. The van der Waals surface area contributed by atoms with E-state index in [9.17, 15) is 9.90 Å². The van der Waals surface area contributed by atoms with Gasteiger partial charge in [-0.2, -0.15) is 4.98 Å². The van der Waals surface area contributed by atoms with Gasteiger partial charge in [-0.25, -0.2) is 0 Å². The predicted molar refractivity (Wildman–Crippen MR) is 61.1 cm³/mol. The number of H-pyrrole nitrogens is 1. The summed E-state index contributed by atoms with van der Waals surface area (Å²) in [5.41, 5.74) is 5.32. The average Bonchev–Trinajstić information content (AvgIpc) is 2.63. The molecule has 5 N–H and O–H groups in total. The van der Waals surface area contributed by atoms with Gasteiger partial charge in [0.05, 0.1) is 12.1 Å². The number of nitrogens with two attached hydrogens (primary N) is 1. The molecule has 0 saturated heterocycles. The molecule has 0 radical (unpaired) electrons. The van der Waals surface area contributed by atoms with Crippen LogP contribution in [0, 0.1) is 0 Å². The number of nitrogens with one attached hydrogen (secondary N) is 2. The number of rotatable bonds is 2. The number of carbonyl (C=O) groups excluding carboxylic acids is 1. The molecule has 1 heterocycles. The lowest BCUT2D eigenvalue weighted by Gasteiger charge is -2.20. The summed E-state index contributed by atoms with van der Waals surface area (Å²) >= 11 is 0. The molecule has 1 aromatic rings. The van der Waals surface area contributed by atoms with E-state index in [1.165, 1.54) is 0 Å². The topological polar surface area (TPSA) is 117 Å². The van der Waals surface area contributed by atoms with Gasteiger partial charge < -0.3 is 16.2 Å². The van der Waals surface area contributed by atoms with E-state index in [-0.39, 0.29) is 23.7 Å². The Balaban J connectivity index is 1.97. The molecule has 2 unspecified atom stereocenters. The Labute approximate surface area is 98.8 Å². The minimum absolute atomic E-state index is 0.0385. The summed E-state index contributed by atoms with van der Waals surface area (Å²) in [6.07, 6.45) is 4.14. The van der Waals surface area contributed by atoms with E-state index in [1.54, 1.807) is 0 Å². The van der Waals surface area contributed by atoms with Crippen LogP contribution in [0.2, 0.25) is 0 Å². The van der Waals surface area contributed by atoms with Gasteiger partial charge in [-0.15, -0.1) is 5.10 Å². The summed E-state index contributed by atoms with van der Waals surface area (Å²) in [4.78, 5) is 15.5. The standard InChI is InChI=1S/C10H17N5O2/c11-10-13-8(14-15-10)9(17)12-6-4-2-1-3-5-7(6)16/h6-7,16H,1-5H2,(H,12,17)(H3,11,13,14,15). The smallest absolute Gasteiger partial charge is 0.288 e. The Morgan fingerprint density at radius 3 is 2.88 bits per heavy atom. The van der Waals surface area contributed by atoms with Crippen molar-refractivity contribution in [2.24, 2.45) is 0 Å². The van der Waals surface area contributed by atoms with E-state index < -0.39 is 6.10 Å². The van der Waals surface area contributed by atoms with Crippen molar-refractivity contribution >= 4 is 11.9 Å². The first-order valence-electron chi connectivity index (χ1n) is 5.83. The molecule has 1 aliphatic rings. The maximum absolute atomic E-state index is 11.8. The first-order chi connectivity index (χ1) is 8.16. The molecule has 0 spiro atoms. The van der Waals surface area contributed by atoms with Crippen LogP contribution in [-0.4, -0.2) is 38.3 Å². The fraction of sp³-hybridized carbons (Fsp3) is 0.700. The summed E-state index contributed by atoms with van der Waals surface area (Å²) in [5.74, 6) is -0.254. The van der Waals surface area contributed by atoms with Gasteiger partial charge in [0.15, 0.2) is 0 Å². The molecule has 2 rings (SSSR count). The van der Waals surface area contributed by atoms with Crippen LogP contribution in [0.5, 0.6) is 0 Å². The number of aromatic amines is 1. The number of aliphatic hydroxyl groups is 1. The molecule has 2 atom stereocenters. The molecule has 7 heteroatoms. The third-order valence-electron chi connectivity index (χ3n) is 3.01. The van der Waals surface area contributed by atoms with E-state index in [4.69, 9.17) is 5.73 Å². The fourth-order valence-electron chi connectivity index (χ4n) is 2.07. The molecule has 1 aromatic heterocycles. The Morgan fingerprint density at radius 2 is 2.18 bits per heavy atom. The Kier molecular flexibility index (Phi) is 3.58.